The van der Waals surface area contributed by atoms with Crippen LogP contribution in [0, 0.1) is 0 Å². The molecule has 0 aromatic heterocycles. The third-order valence-electron chi connectivity index (χ3n) is 10.1. The Balaban J connectivity index is 1.26. The van der Waals surface area contributed by atoms with E-state index in [4.69, 9.17) is 0 Å². The minimum atomic E-state index is 0.136. The van der Waals surface area contributed by atoms with Crippen molar-refractivity contribution in [2.75, 3.05) is 0 Å². The van der Waals surface area contributed by atoms with E-state index in [0.29, 0.717) is 0 Å². The lowest BCUT2D eigenvalue weighted by molar-refractivity contribution is 0.488. The van der Waals surface area contributed by atoms with E-state index in [9.17, 15) is 0 Å². The van der Waals surface area contributed by atoms with Crippen LogP contribution in [0.1, 0.15) is 46.2 Å². The molecule has 2 aliphatic carbocycles. The van der Waals surface area contributed by atoms with E-state index in [1.807, 2.05) is 0 Å². The van der Waals surface area contributed by atoms with Gasteiger partial charge in [-0.3, -0.25) is 0 Å². The fraction of sp³-hybridized carbons (Fsp3) is 0.179. The molecule has 0 saturated heterocycles. The molecular formula is C39H31N. The maximum absolute atomic E-state index is 3.94. The third kappa shape index (κ3) is 3.13. The maximum atomic E-state index is 3.94. The normalized spacial score (nSPS) is 16.5. The third-order valence-corrected chi connectivity index (χ3v) is 10.1. The van der Waals surface area contributed by atoms with Crippen molar-refractivity contribution in [3.8, 4) is 22.3 Å². The predicted octanol–water partition coefficient (Wildman–Crippen LogP) is 9.11. The minimum Gasteiger partial charge on any atom is -0.309 e. The lowest BCUT2D eigenvalue weighted by atomic mass is 9.70. The SMILES string of the molecule is c1ccc2cc(-c3ccc4c5c3CNCc3c(-c6ccc7ccccc7c6)ccc6c3C5(CC4)CC6)ccc2c1. The molecule has 0 fully saturated rings. The Hall–Kier alpha value is -4.20. The van der Waals surface area contributed by atoms with Crippen LogP contribution in [0.2, 0.25) is 0 Å². The van der Waals surface area contributed by atoms with Crippen LogP contribution in [0.25, 0.3) is 43.8 Å². The molecule has 0 unspecified atom stereocenters. The van der Waals surface area contributed by atoms with Crippen molar-refractivity contribution in [1.29, 1.82) is 0 Å². The van der Waals surface area contributed by atoms with E-state index in [1.165, 1.54) is 80.6 Å². The van der Waals surface area contributed by atoms with Gasteiger partial charge in [-0.2, -0.15) is 0 Å². The molecule has 1 heterocycles. The summed E-state index contributed by atoms with van der Waals surface area (Å²) in [5.41, 5.74) is 15.1. The summed E-state index contributed by atoms with van der Waals surface area (Å²) in [5, 5.41) is 9.18. The second-order valence-corrected chi connectivity index (χ2v) is 12.1. The second-order valence-electron chi connectivity index (χ2n) is 12.1. The highest BCUT2D eigenvalue weighted by Gasteiger charge is 2.48. The summed E-state index contributed by atoms with van der Waals surface area (Å²) in [5.74, 6) is 0. The van der Waals surface area contributed by atoms with Crippen LogP contribution in [-0.2, 0) is 31.3 Å². The lowest BCUT2D eigenvalue weighted by Gasteiger charge is -2.35. The number of benzene rings is 6. The van der Waals surface area contributed by atoms with Crippen LogP contribution in [0.5, 0.6) is 0 Å². The standard InChI is InChI=1S/C39H31N/c1-3-7-29-21-31(11-9-25(29)5-1)33-15-13-27-17-19-39-20-18-28-14-16-34(32-12-10-26-6-2-4-8-30(26)22-32)36(38(28)39)24-40-23-35(33)37(27)39/h1-16,21-22,40H,17-20,23-24H2. The molecule has 1 aliphatic heterocycles. The predicted molar refractivity (Wildman–Crippen MR) is 167 cm³/mol. The van der Waals surface area contributed by atoms with Gasteiger partial charge in [0, 0.05) is 18.5 Å². The van der Waals surface area contributed by atoms with Gasteiger partial charge in [0.15, 0.2) is 0 Å². The van der Waals surface area contributed by atoms with Crippen LogP contribution in [0.4, 0.5) is 0 Å². The Kier molecular flexibility index (Phi) is 4.75. The largest absolute Gasteiger partial charge is 0.309 e. The number of hydrogen-bond acceptors (Lipinski definition) is 1. The lowest BCUT2D eigenvalue weighted by Crippen LogP contribution is -2.30. The van der Waals surface area contributed by atoms with E-state index < -0.39 is 0 Å². The van der Waals surface area contributed by atoms with Gasteiger partial charge >= 0.3 is 0 Å². The van der Waals surface area contributed by atoms with E-state index in [-0.39, 0.29) is 5.41 Å². The molecule has 40 heavy (non-hydrogen) atoms. The van der Waals surface area contributed by atoms with Crippen molar-refractivity contribution in [3.05, 3.63) is 143 Å². The Morgan fingerprint density at radius 3 is 1.45 bits per heavy atom. The Bertz CT molecular complexity index is 1850. The van der Waals surface area contributed by atoms with E-state index in [2.05, 4.69) is 115 Å². The molecule has 0 radical (unpaired) electrons. The summed E-state index contributed by atoms with van der Waals surface area (Å²) in [6, 6.07) is 41.2. The molecule has 3 aliphatic rings. The highest BCUT2D eigenvalue weighted by Crippen LogP contribution is 2.57. The number of nitrogens with one attached hydrogen (secondary N) is 1. The van der Waals surface area contributed by atoms with Crippen molar-refractivity contribution in [2.24, 2.45) is 0 Å². The van der Waals surface area contributed by atoms with Gasteiger partial charge in [-0.05, 0) is 115 Å². The van der Waals surface area contributed by atoms with Crippen molar-refractivity contribution in [1.82, 2.24) is 5.32 Å². The molecule has 0 bridgehead atoms. The van der Waals surface area contributed by atoms with Gasteiger partial charge in [-0.15, -0.1) is 0 Å². The van der Waals surface area contributed by atoms with Gasteiger partial charge in [0.2, 0.25) is 0 Å². The molecule has 6 aromatic rings. The molecule has 0 saturated carbocycles. The monoisotopic (exact) mass is 513 g/mol. The molecule has 0 atom stereocenters. The quantitative estimate of drug-likeness (QED) is 0.243. The van der Waals surface area contributed by atoms with E-state index in [1.54, 1.807) is 22.3 Å². The molecule has 9 rings (SSSR count). The topological polar surface area (TPSA) is 12.0 Å². The average molecular weight is 514 g/mol. The first kappa shape index (κ1) is 22.6. The highest BCUT2D eigenvalue weighted by molar-refractivity contribution is 5.90. The zero-order chi connectivity index (χ0) is 26.3. The van der Waals surface area contributed by atoms with Gasteiger partial charge < -0.3 is 5.32 Å². The fourth-order valence-electron chi connectivity index (χ4n) is 8.38. The summed E-state index contributed by atoms with van der Waals surface area (Å²) in [6.07, 6.45) is 4.83. The fourth-order valence-corrected chi connectivity index (χ4v) is 8.38. The zero-order valence-electron chi connectivity index (χ0n) is 22.6. The van der Waals surface area contributed by atoms with Crippen LogP contribution < -0.4 is 5.32 Å². The van der Waals surface area contributed by atoms with Crippen LogP contribution in [-0.4, -0.2) is 0 Å². The molecule has 1 N–H and O–H groups in total. The molecule has 1 spiro atoms. The van der Waals surface area contributed by atoms with Gasteiger partial charge in [0.25, 0.3) is 0 Å². The molecule has 0 amide bonds. The first-order chi connectivity index (χ1) is 19.8. The molecule has 1 heteroatoms. The van der Waals surface area contributed by atoms with E-state index in [0.717, 1.165) is 13.1 Å². The second kappa shape index (κ2) is 8.40. The molecule has 192 valence electrons. The summed E-state index contributed by atoms with van der Waals surface area (Å²) < 4.78 is 0. The first-order valence-electron chi connectivity index (χ1n) is 14.8. The van der Waals surface area contributed by atoms with Crippen LogP contribution in [0.15, 0.2) is 109 Å². The van der Waals surface area contributed by atoms with Crippen molar-refractivity contribution in [2.45, 2.75) is 44.2 Å². The smallest absolute Gasteiger partial charge is 0.0221 e. The van der Waals surface area contributed by atoms with Crippen LogP contribution in [0.3, 0.4) is 0 Å². The Morgan fingerprint density at radius 2 is 0.950 bits per heavy atom. The minimum absolute atomic E-state index is 0.136. The van der Waals surface area contributed by atoms with Crippen LogP contribution >= 0.6 is 0 Å². The molecule has 6 aromatic carbocycles. The number of rotatable bonds is 2. The van der Waals surface area contributed by atoms with Crippen molar-refractivity contribution >= 4 is 21.5 Å². The Labute approximate surface area is 235 Å². The number of aryl methyl sites for hydroxylation is 2. The van der Waals surface area contributed by atoms with Crippen molar-refractivity contribution < 1.29 is 0 Å². The maximum Gasteiger partial charge on any atom is 0.0221 e. The Morgan fingerprint density at radius 1 is 0.475 bits per heavy atom. The van der Waals surface area contributed by atoms with Gasteiger partial charge in [0.05, 0.1) is 0 Å². The molecular weight excluding hydrogens is 482 g/mol. The summed E-state index contributed by atoms with van der Waals surface area (Å²) in [6.45, 7) is 1.82. The summed E-state index contributed by atoms with van der Waals surface area (Å²) in [4.78, 5) is 0. The van der Waals surface area contributed by atoms with Gasteiger partial charge in [-0.25, -0.2) is 0 Å². The first-order valence-corrected chi connectivity index (χ1v) is 14.8. The highest BCUT2D eigenvalue weighted by atomic mass is 14.9. The van der Waals surface area contributed by atoms with Gasteiger partial charge in [-0.1, -0.05) is 97.1 Å². The zero-order valence-corrected chi connectivity index (χ0v) is 22.6. The number of fused-ring (bicyclic) bond motifs is 2. The number of hydrogen-bond donors (Lipinski definition) is 1. The summed E-state index contributed by atoms with van der Waals surface area (Å²) in [7, 11) is 0. The van der Waals surface area contributed by atoms with E-state index >= 15 is 0 Å². The molecule has 1 nitrogen and oxygen atoms in total. The summed E-state index contributed by atoms with van der Waals surface area (Å²) >= 11 is 0. The van der Waals surface area contributed by atoms with Crippen molar-refractivity contribution in [3.63, 3.8) is 0 Å². The van der Waals surface area contributed by atoms with Gasteiger partial charge in [0.1, 0.15) is 0 Å². The average Bonchev–Trinajstić information content (AvgIpc) is 3.57.